The van der Waals surface area contributed by atoms with Gasteiger partial charge >= 0.3 is 0 Å². The van der Waals surface area contributed by atoms with Crippen LogP contribution >= 0.6 is 0 Å². The van der Waals surface area contributed by atoms with Crippen molar-refractivity contribution in [1.82, 2.24) is 0 Å². The van der Waals surface area contributed by atoms with Crippen molar-refractivity contribution in [2.24, 2.45) is 0 Å². The van der Waals surface area contributed by atoms with Gasteiger partial charge in [0.05, 0.1) is 15.4 Å². The molecule has 0 unspecified atom stereocenters. The van der Waals surface area contributed by atoms with Crippen molar-refractivity contribution in [3.05, 3.63) is 84.5 Å². The second-order valence-corrected chi connectivity index (χ2v) is 6.64. The lowest BCUT2D eigenvalue weighted by Gasteiger charge is -2.36. The highest BCUT2D eigenvalue weighted by Gasteiger charge is 2.37. The van der Waals surface area contributed by atoms with Gasteiger partial charge in [-0.05, 0) is 22.3 Å². The van der Waals surface area contributed by atoms with Gasteiger partial charge in [0.25, 0.3) is 11.4 Å². The summed E-state index contributed by atoms with van der Waals surface area (Å²) in [6, 6.07) is 9.07. The van der Waals surface area contributed by atoms with E-state index in [0.717, 1.165) is 11.1 Å². The standard InChI is InChI=1S/C21H14N2O4/c1-5-13(6-2)20-16-11-14(22(24)25)7-9-18(16)21(3,4)19-10-8-15(23(26)27)12-17(19)20/h1-2,7-12H,3-4H3. The number of nitrogens with zero attached hydrogens (tertiary/aromatic N) is 2. The highest BCUT2D eigenvalue weighted by atomic mass is 16.6. The van der Waals surface area contributed by atoms with Crippen LogP contribution in [0.3, 0.4) is 0 Å². The number of rotatable bonds is 2. The molecule has 0 spiro atoms. The van der Waals surface area contributed by atoms with E-state index in [-0.39, 0.29) is 16.9 Å². The molecule has 27 heavy (non-hydrogen) atoms. The molecule has 2 aromatic rings. The first-order valence-electron chi connectivity index (χ1n) is 7.98. The van der Waals surface area contributed by atoms with Gasteiger partial charge in [-0.1, -0.05) is 37.8 Å². The van der Waals surface area contributed by atoms with Gasteiger partial charge in [-0.3, -0.25) is 20.2 Å². The summed E-state index contributed by atoms with van der Waals surface area (Å²) in [6.07, 6.45) is 11.1. The molecule has 0 aliphatic heterocycles. The lowest BCUT2D eigenvalue weighted by atomic mass is 9.66. The Labute approximate surface area is 155 Å². The maximum atomic E-state index is 11.3. The summed E-state index contributed by atoms with van der Waals surface area (Å²) in [5.41, 5.74) is 2.52. The van der Waals surface area contributed by atoms with Crippen LogP contribution in [-0.2, 0) is 5.41 Å². The fourth-order valence-corrected chi connectivity index (χ4v) is 3.54. The Hall–Kier alpha value is -3.90. The molecule has 0 fully saturated rings. The van der Waals surface area contributed by atoms with Crippen molar-refractivity contribution in [3.8, 4) is 24.7 Å². The lowest BCUT2D eigenvalue weighted by Crippen LogP contribution is -2.27. The third-order valence-electron chi connectivity index (χ3n) is 4.85. The molecule has 0 saturated heterocycles. The molecule has 0 amide bonds. The average Bonchev–Trinajstić information content (AvgIpc) is 2.64. The summed E-state index contributed by atoms with van der Waals surface area (Å²) in [5.74, 6) is 4.86. The molecule has 0 heterocycles. The largest absolute Gasteiger partial charge is 0.270 e. The van der Waals surface area contributed by atoms with Crippen LogP contribution in [0.5, 0.6) is 0 Å². The molecule has 0 bridgehead atoms. The third kappa shape index (κ3) is 2.65. The van der Waals surface area contributed by atoms with E-state index in [2.05, 4.69) is 11.8 Å². The van der Waals surface area contributed by atoms with E-state index in [0.29, 0.717) is 16.7 Å². The molecule has 6 heteroatoms. The van der Waals surface area contributed by atoms with Gasteiger partial charge < -0.3 is 0 Å². The van der Waals surface area contributed by atoms with Crippen LogP contribution in [0.25, 0.3) is 5.57 Å². The predicted octanol–water partition coefficient (Wildman–Crippen LogP) is 4.21. The minimum atomic E-state index is -0.549. The normalized spacial score (nSPS) is 13.6. The summed E-state index contributed by atoms with van der Waals surface area (Å²) in [5, 5.41) is 22.5. The number of hydrogen-bond donors (Lipinski definition) is 0. The van der Waals surface area contributed by atoms with Crippen LogP contribution in [0.2, 0.25) is 0 Å². The smallest absolute Gasteiger partial charge is 0.258 e. The van der Waals surface area contributed by atoms with Gasteiger partial charge in [-0.25, -0.2) is 0 Å². The number of allylic oxidation sites excluding steroid dienone is 1. The quantitative estimate of drug-likeness (QED) is 0.457. The molecule has 0 atom stereocenters. The van der Waals surface area contributed by atoms with Crippen LogP contribution in [-0.4, -0.2) is 9.85 Å². The Bertz CT molecular complexity index is 1040. The number of nitro groups is 2. The maximum Gasteiger partial charge on any atom is 0.270 e. The predicted molar refractivity (Wildman–Crippen MR) is 102 cm³/mol. The average molecular weight is 358 g/mol. The van der Waals surface area contributed by atoms with Crippen molar-refractivity contribution >= 4 is 16.9 Å². The Balaban J connectivity index is 2.50. The number of nitro benzene ring substituents is 2. The summed E-state index contributed by atoms with van der Waals surface area (Å²) in [7, 11) is 0. The SMILES string of the molecule is C#CC(C#C)=C1c2cc([N+](=O)[O-])ccc2C(C)(C)c2ccc([N+](=O)[O-])cc21. The summed E-state index contributed by atoms with van der Waals surface area (Å²) in [6.45, 7) is 3.90. The Morgan fingerprint density at radius 1 is 0.889 bits per heavy atom. The van der Waals surface area contributed by atoms with Crippen molar-refractivity contribution < 1.29 is 9.85 Å². The molecule has 0 saturated carbocycles. The monoisotopic (exact) mass is 358 g/mol. The van der Waals surface area contributed by atoms with Crippen LogP contribution in [0.15, 0.2) is 42.0 Å². The number of benzene rings is 2. The summed E-state index contributed by atoms with van der Waals surface area (Å²) < 4.78 is 0. The highest BCUT2D eigenvalue weighted by molar-refractivity contribution is 5.94. The highest BCUT2D eigenvalue weighted by Crippen LogP contribution is 2.48. The zero-order valence-electron chi connectivity index (χ0n) is 14.6. The maximum absolute atomic E-state index is 11.3. The topological polar surface area (TPSA) is 86.3 Å². The number of fused-ring (bicyclic) bond motifs is 2. The van der Waals surface area contributed by atoms with Gasteiger partial charge in [0.1, 0.15) is 0 Å². The zero-order valence-corrected chi connectivity index (χ0v) is 14.6. The molecule has 1 aliphatic rings. The molecule has 1 aliphatic carbocycles. The van der Waals surface area contributed by atoms with E-state index < -0.39 is 15.3 Å². The van der Waals surface area contributed by atoms with Crippen molar-refractivity contribution in [2.45, 2.75) is 19.3 Å². The van der Waals surface area contributed by atoms with E-state index in [4.69, 9.17) is 12.8 Å². The summed E-state index contributed by atoms with van der Waals surface area (Å²) >= 11 is 0. The molecule has 6 nitrogen and oxygen atoms in total. The molecule has 0 aromatic heterocycles. The van der Waals surface area contributed by atoms with Gasteiger partial charge in [0.2, 0.25) is 0 Å². The first kappa shape index (κ1) is 17.9. The van der Waals surface area contributed by atoms with Crippen molar-refractivity contribution in [2.75, 3.05) is 0 Å². The second-order valence-electron chi connectivity index (χ2n) is 6.64. The second kappa shape index (κ2) is 6.12. The Kier molecular flexibility index (Phi) is 4.06. The van der Waals surface area contributed by atoms with Gasteiger partial charge in [0.15, 0.2) is 0 Å². The van der Waals surface area contributed by atoms with E-state index in [1.54, 1.807) is 12.1 Å². The molecule has 2 aromatic carbocycles. The first-order valence-corrected chi connectivity index (χ1v) is 7.98. The van der Waals surface area contributed by atoms with E-state index in [1.165, 1.54) is 24.3 Å². The summed E-state index contributed by atoms with van der Waals surface area (Å²) in [4.78, 5) is 21.5. The van der Waals surface area contributed by atoms with Gasteiger partial charge in [-0.2, -0.15) is 0 Å². The van der Waals surface area contributed by atoms with E-state index >= 15 is 0 Å². The fraction of sp³-hybridized carbons (Fsp3) is 0.143. The van der Waals surface area contributed by atoms with Crippen molar-refractivity contribution in [3.63, 3.8) is 0 Å². The number of hydrogen-bond acceptors (Lipinski definition) is 4. The molecular formula is C21H14N2O4. The van der Waals surface area contributed by atoms with E-state index in [1.807, 2.05) is 13.8 Å². The van der Waals surface area contributed by atoms with Crippen LogP contribution in [0.1, 0.15) is 36.1 Å². The Morgan fingerprint density at radius 3 is 1.63 bits per heavy atom. The molecular weight excluding hydrogens is 344 g/mol. The van der Waals surface area contributed by atoms with Gasteiger partial charge in [-0.15, -0.1) is 12.8 Å². The van der Waals surface area contributed by atoms with Crippen LogP contribution in [0, 0.1) is 44.9 Å². The lowest BCUT2D eigenvalue weighted by molar-refractivity contribution is -0.385. The molecule has 0 radical (unpaired) electrons. The number of non-ortho nitro benzene ring substituents is 2. The molecule has 3 rings (SSSR count). The van der Waals surface area contributed by atoms with E-state index in [9.17, 15) is 20.2 Å². The zero-order chi connectivity index (χ0) is 19.9. The molecule has 0 N–H and O–H groups in total. The number of terminal acetylenes is 2. The first-order chi connectivity index (χ1) is 12.7. The third-order valence-corrected chi connectivity index (χ3v) is 4.85. The fourth-order valence-electron chi connectivity index (χ4n) is 3.54. The minimum absolute atomic E-state index is 0.107. The van der Waals surface area contributed by atoms with Crippen LogP contribution in [0.4, 0.5) is 11.4 Å². The van der Waals surface area contributed by atoms with Crippen molar-refractivity contribution in [1.29, 1.82) is 0 Å². The Morgan fingerprint density at radius 2 is 1.30 bits per heavy atom. The molecule has 132 valence electrons. The van der Waals surface area contributed by atoms with Crippen LogP contribution < -0.4 is 0 Å². The minimum Gasteiger partial charge on any atom is -0.258 e. The van der Waals surface area contributed by atoms with Gasteiger partial charge in [0, 0.05) is 35.3 Å².